The third-order valence-corrected chi connectivity index (χ3v) is 6.29. The van der Waals surface area contributed by atoms with Crippen LogP contribution in [0.2, 0.25) is 5.15 Å². The SMILES string of the molecule is CC1=C(CC(=O)NCc2c(C)cc(N)nc2C)C(=O)N(NCc2c(C)nn(C)c2Cl)CC1. The molecule has 10 heteroatoms. The first-order valence-electron chi connectivity index (χ1n) is 10.5. The number of anilines is 1. The number of pyridine rings is 1. The van der Waals surface area contributed by atoms with Gasteiger partial charge in [0.05, 0.1) is 12.1 Å². The Balaban J connectivity index is 1.62. The van der Waals surface area contributed by atoms with E-state index in [1.54, 1.807) is 22.8 Å². The standard InChI is InChI=1S/C22H30ClN7O2/c1-12-6-7-30(26-11-18-15(4)28-29(5)21(18)23)22(32)16(12)9-20(31)25-10-17-13(2)8-19(24)27-14(17)3/h8,26H,6-7,9-11H2,1-5H3,(H2,24,27)(H,25,31). The third kappa shape index (κ3) is 5.11. The molecule has 4 N–H and O–H groups in total. The number of rotatable bonds is 7. The number of amides is 2. The van der Waals surface area contributed by atoms with Crippen LogP contribution in [0.3, 0.4) is 0 Å². The molecule has 0 fully saturated rings. The maximum absolute atomic E-state index is 13.0. The van der Waals surface area contributed by atoms with Crippen molar-refractivity contribution in [2.45, 2.75) is 53.6 Å². The number of hydrogen-bond acceptors (Lipinski definition) is 6. The van der Waals surface area contributed by atoms with Crippen molar-refractivity contribution in [3.63, 3.8) is 0 Å². The number of hydrazine groups is 1. The summed E-state index contributed by atoms with van der Waals surface area (Å²) in [6.07, 6.45) is 0.719. The molecule has 0 aromatic carbocycles. The number of nitrogen functional groups attached to an aromatic ring is 1. The molecule has 2 amide bonds. The molecule has 0 spiro atoms. The Morgan fingerprint density at radius 3 is 2.53 bits per heavy atom. The van der Waals surface area contributed by atoms with E-state index >= 15 is 0 Å². The zero-order chi connectivity index (χ0) is 23.6. The molecule has 2 aromatic heterocycles. The van der Waals surface area contributed by atoms with E-state index in [1.807, 2.05) is 27.7 Å². The number of nitrogens with one attached hydrogen (secondary N) is 2. The molecule has 3 heterocycles. The summed E-state index contributed by atoms with van der Waals surface area (Å²) >= 11 is 6.29. The molecular weight excluding hydrogens is 430 g/mol. The lowest BCUT2D eigenvalue weighted by Gasteiger charge is -2.30. The Bertz CT molecular complexity index is 1070. The van der Waals surface area contributed by atoms with Crippen molar-refractivity contribution in [1.82, 2.24) is 30.5 Å². The zero-order valence-corrected chi connectivity index (χ0v) is 19.9. The number of aromatic nitrogens is 3. The summed E-state index contributed by atoms with van der Waals surface area (Å²) in [5.74, 6) is 0.0541. The number of nitrogens with two attached hydrogens (primary N) is 1. The minimum absolute atomic E-state index is 0.0238. The molecule has 0 bridgehead atoms. The number of carbonyl (C=O) groups excluding carboxylic acids is 2. The number of hydrogen-bond donors (Lipinski definition) is 3. The minimum atomic E-state index is -0.212. The lowest BCUT2D eigenvalue weighted by atomic mass is 9.98. The van der Waals surface area contributed by atoms with Gasteiger partial charge in [0.15, 0.2) is 0 Å². The Morgan fingerprint density at radius 2 is 1.91 bits per heavy atom. The number of aryl methyl sites for hydroxylation is 4. The maximum atomic E-state index is 13.0. The second-order valence-electron chi connectivity index (χ2n) is 8.16. The molecule has 32 heavy (non-hydrogen) atoms. The van der Waals surface area contributed by atoms with E-state index in [4.69, 9.17) is 17.3 Å². The van der Waals surface area contributed by atoms with Crippen molar-refractivity contribution in [1.29, 1.82) is 0 Å². The van der Waals surface area contributed by atoms with E-state index in [9.17, 15) is 9.59 Å². The van der Waals surface area contributed by atoms with Crippen molar-refractivity contribution in [3.8, 4) is 0 Å². The largest absolute Gasteiger partial charge is 0.384 e. The van der Waals surface area contributed by atoms with Crippen LogP contribution in [0.1, 0.15) is 47.8 Å². The van der Waals surface area contributed by atoms with Crippen LogP contribution < -0.4 is 16.5 Å². The molecule has 0 atom stereocenters. The van der Waals surface area contributed by atoms with Gasteiger partial charge in [-0.2, -0.15) is 5.10 Å². The van der Waals surface area contributed by atoms with Crippen LogP contribution in [0.4, 0.5) is 5.82 Å². The van der Waals surface area contributed by atoms with E-state index in [0.717, 1.165) is 33.7 Å². The van der Waals surface area contributed by atoms with Gasteiger partial charge < -0.3 is 11.1 Å². The lowest BCUT2D eigenvalue weighted by Crippen LogP contribution is -2.47. The molecule has 0 aliphatic carbocycles. The van der Waals surface area contributed by atoms with Gasteiger partial charge in [0.25, 0.3) is 5.91 Å². The second-order valence-corrected chi connectivity index (χ2v) is 8.52. The van der Waals surface area contributed by atoms with Gasteiger partial charge in [0.2, 0.25) is 5.91 Å². The van der Waals surface area contributed by atoms with Crippen LogP contribution in [0.5, 0.6) is 0 Å². The van der Waals surface area contributed by atoms with Crippen LogP contribution in [-0.2, 0) is 29.7 Å². The maximum Gasteiger partial charge on any atom is 0.264 e. The van der Waals surface area contributed by atoms with Crippen molar-refractivity contribution >= 4 is 29.2 Å². The molecule has 0 saturated carbocycles. The van der Waals surface area contributed by atoms with E-state index < -0.39 is 0 Å². The van der Waals surface area contributed by atoms with Crippen LogP contribution in [0, 0.1) is 20.8 Å². The quantitative estimate of drug-likeness (QED) is 0.584. The zero-order valence-electron chi connectivity index (χ0n) is 19.2. The molecule has 1 aliphatic heterocycles. The summed E-state index contributed by atoms with van der Waals surface area (Å²) < 4.78 is 1.60. The molecule has 1 aliphatic rings. The normalized spacial score (nSPS) is 14.3. The van der Waals surface area contributed by atoms with Crippen LogP contribution in [-0.4, -0.2) is 38.1 Å². The molecule has 0 unspecified atom stereocenters. The summed E-state index contributed by atoms with van der Waals surface area (Å²) in [4.78, 5) is 29.9. The summed E-state index contributed by atoms with van der Waals surface area (Å²) in [5.41, 5.74) is 14.7. The van der Waals surface area contributed by atoms with Gasteiger partial charge in [-0.25, -0.2) is 10.4 Å². The van der Waals surface area contributed by atoms with Crippen LogP contribution >= 0.6 is 11.6 Å². The smallest absolute Gasteiger partial charge is 0.264 e. The Kier molecular flexibility index (Phi) is 7.20. The molecule has 0 saturated heterocycles. The van der Waals surface area contributed by atoms with E-state index in [2.05, 4.69) is 20.8 Å². The fourth-order valence-corrected chi connectivity index (χ4v) is 4.11. The topological polar surface area (TPSA) is 118 Å². The highest BCUT2D eigenvalue weighted by atomic mass is 35.5. The van der Waals surface area contributed by atoms with E-state index in [-0.39, 0.29) is 18.2 Å². The van der Waals surface area contributed by atoms with Gasteiger partial charge >= 0.3 is 0 Å². The van der Waals surface area contributed by atoms with E-state index in [1.165, 1.54) is 0 Å². The molecule has 172 valence electrons. The predicted molar refractivity (Wildman–Crippen MR) is 123 cm³/mol. The first-order chi connectivity index (χ1) is 15.1. The Labute approximate surface area is 193 Å². The number of carbonyl (C=O) groups is 2. The Morgan fingerprint density at radius 1 is 1.19 bits per heavy atom. The van der Waals surface area contributed by atoms with Crippen molar-refractivity contribution < 1.29 is 9.59 Å². The second kappa shape index (κ2) is 9.70. The first kappa shape index (κ1) is 23.7. The Hall–Kier alpha value is -2.91. The summed E-state index contributed by atoms with van der Waals surface area (Å²) in [7, 11) is 1.77. The lowest BCUT2D eigenvalue weighted by molar-refractivity contribution is -0.132. The monoisotopic (exact) mass is 459 g/mol. The van der Waals surface area contributed by atoms with E-state index in [0.29, 0.717) is 42.6 Å². The summed E-state index contributed by atoms with van der Waals surface area (Å²) in [6.45, 7) is 8.82. The van der Waals surface area contributed by atoms with Gasteiger partial charge in [-0.15, -0.1) is 0 Å². The number of halogens is 1. The van der Waals surface area contributed by atoms with Crippen LogP contribution in [0.25, 0.3) is 0 Å². The number of nitrogens with zero attached hydrogens (tertiary/aromatic N) is 4. The van der Waals surface area contributed by atoms with Gasteiger partial charge in [0.1, 0.15) is 11.0 Å². The molecule has 2 aromatic rings. The van der Waals surface area contributed by atoms with Crippen molar-refractivity contribution in [3.05, 3.63) is 50.4 Å². The molecular formula is C22H30ClN7O2. The molecule has 9 nitrogen and oxygen atoms in total. The molecule has 0 radical (unpaired) electrons. The predicted octanol–water partition coefficient (Wildman–Crippen LogP) is 2.24. The highest BCUT2D eigenvalue weighted by molar-refractivity contribution is 6.30. The first-order valence-corrected chi connectivity index (χ1v) is 10.9. The average Bonchev–Trinajstić information content (AvgIpc) is 2.95. The highest BCUT2D eigenvalue weighted by Crippen LogP contribution is 2.23. The average molecular weight is 460 g/mol. The fraction of sp³-hybridized carbons (Fsp3) is 0.455. The highest BCUT2D eigenvalue weighted by Gasteiger charge is 2.27. The van der Waals surface area contributed by atoms with Gasteiger partial charge in [-0.1, -0.05) is 17.2 Å². The summed E-state index contributed by atoms with van der Waals surface area (Å²) in [6, 6.07) is 1.78. The van der Waals surface area contributed by atoms with Gasteiger partial charge in [-0.05, 0) is 51.3 Å². The minimum Gasteiger partial charge on any atom is -0.384 e. The fourth-order valence-electron chi connectivity index (χ4n) is 3.87. The molecule has 3 rings (SSSR count). The van der Waals surface area contributed by atoms with Crippen LogP contribution in [0.15, 0.2) is 17.2 Å². The van der Waals surface area contributed by atoms with Crippen molar-refractivity contribution in [2.75, 3.05) is 12.3 Å². The van der Waals surface area contributed by atoms with Gasteiger partial charge in [0, 0.05) is 43.5 Å². The third-order valence-electron chi connectivity index (χ3n) is 5.82. The summed E-state index contributed by atoms with van der Waals surface area (Å²) in [5, 5.41) is 9.28. The van der Waals surface area contributed by atoms with Gasteiger partial charge in [-0.3, -0.25) is 19.3 Å². The van der Waals surface area contributed by atoms with Crippen molar-refractivity contribution in [2.24, 2.45) is 7.05 Å².